The first-order chi connectivity index (χ1) is 16.7. The monoisotopic (exact) mass is 461 g/mol. The van der Waals surface area contributed by atoms with E-state index in [4.69, 9.17) is 10.5 Å². The maximum atomic E-state index is 13.6. The third kappa shape index (κ3) is 4.73. The number of amides is 1. The summed E-state index contributed by atoms with van der Waals surface area (Å²) in [6.45, 7) is 3.63. The van der Waals surface area contributed by atoms with E-state index in [2.05, 4.69) is 28.0 Å². The smallest absolute Gasteiger partial charge is 0.254 e. The number of rotatable bonds is 4. The Bertz CT molecular complexity index is 979. The second-order valence-electron chi connectivity index (χ2n) is 10.4. The number of nitrogens with zero attached hydrogens (tertiary/aromatic N) is 2. The van der Waals surface area contributed by atoms with E-state index >= 15 is 0 Å². The van der Waals surface area contributed by atoms with E-state index < -0.39 is 0 Å². The number of ether oxygens (including phenoxy) is 1. The summed E-state index contributed by atoms with van der Waals surface area (Å²) < 4.78 is 5.55. The van der Waals surface area contributed by atoms with E-state index in [1.807, 2.05) is 30.3 Å². The molecular weight excluding hydrogens is 422 g/mol. The van der Waals surface area contributed by atoms with Crippen LogP contribution in [0.5, 0.6) is 5.75 Å². The number of nitrogens with two attached hydrogens (primary N) is 1. The fourth-order valence-electron chi connectivity index (χ4n) is 6.86. The zero-order valence-electron chi connectivity index (χ0n) is 20.5. The number of methoxy groups -OCH3 is 1. The van der Waals surface area contributed by atoms with Crippen LogP contribution in [0, 0.1) is 11.8 Å². The van der Waals surface area contributed by atoms with Gasteiger partial charge in [0, 0.05) is 37.3 Å². The lowest BCUT2D eigenvalue weighted by Gasteiger charge is -2.39. The van der Waals surface area contributed by atoms with Gasteiger partial charge < -0.3 is 15.4 Å². The molecule has 0 aromatic heterocycles. The molecule has 0 spiro atoms. The van der Waals surface area contributed by atoms with Gasteiger partial charge in [-0.25, -0.2) is 0 Å². The molecule has 3 aliphatic heterocycles. The van der Waals surface area contributed by atoms with Crippen molar-refractivity contribution >= 4 is 5.91 Å². The highest BCUT2D eigenvalue weighted by Gasteiger charge is 2.44. The number of benzene rings is 2. The second kappa shape index (κ2) is 10.5. The summed E-state index contributed by atoms with van der Waals surface area (Å²) in [6, 6.07) is 17.3. The minimum absolute atomic E-state index is 0.219. The van der Waals surface area contributed by atoms with Crippen molar-refractivity contribution in [3.05, 3.63) is 65.2 Å². The van der Waals surface area contributed by atoms with Gasteiger partial charge in [-0.3, -0.25) is 9.69 Å². The Balaban J connectivity index is 1.47. The summed E-state index contributed by atoms with van der Waals surface area (Å²) in [7, 11) is 1.75. The van der Waals surface area contributed by atoms with Gasteiger partial charge in [0.2, 0.25) is 0 Å². The summed E-state index contributed by atoms with van der Waals surface area (Å²) in [5.41, 5.74) is 9.77. The number of likely N-dealkylation sites (tertiary alicyclic amines) is 1. The highest BCUT2D eigenvalue weighted by Crippen LogP contribution is 2.41. The Kier molecular flexibility index (Phi) is 7.21. The third-order valence-corrected chi connectivity index (χ3v) is 8.58. The average Bonchev–Trinajstić information content (AvgIpc) is 3.20. The van der Waals surface area contributed by atoms with E-state index in [1.165, 1.54) is 30.4 Å². The summed E-state index contributed by atoms with van der Waals surface area (Å²) in [5, 5.41) is 0. The van der Waals surface area contributed by atoms with E-state index in [0.717, 1.165) is 56.6 Å². The Labute approximate surface area is 204 Å². The minimum Gasteiger partial charge on any atom is -0.497 e. The quantitative estimate of drug-likeness (QED) is 0.743. The van der Waals surface area contributed by atoms with Crippen LogP contribution < -0.4 is 10.5 Å². The van der Waals surface area contributed by atoms with Crippen molar-refractivity contribution in [2.45, 2.75) is 57.0 Å². The molecule has 2 aromatic carbocycles. The molecule has 4 aliphatic rings. The molecule has 1 aliphatic carbocycles. The molecule has 1 amide bonds. The standard InChI is InChI=1S/C29H39N3O2/c1-34-26-12-10-23-18-25-11-13-28-27(14-16-31(25)17-15-30)24(9-5-8-22(23)19-26)20-32(28)29(33)21-6-3-2-4-7-21/h2-4,6-7,10,12,19,24-25,27-28H,5,8-9,11,13-18,20,30H2,1H3/t24-,25?,27?,28?/m1/s1. The number of aryl methyl sites for hydroxylation is 1. The first-order valence-corrected chi connectivity index (χ1v) is 13.1. The highest BCUT2D eigenvalue weighted by atomic mass is 16.5. The summed E-state index contributed by atoms with van der Waals surface area (Å²) >= 11 is 0. The second-order valence-corrected chi connectivity index (χ2v) is 10.4. The largest absolute Gasteiger partial charge is 0.497 e. The molecule has 2 saturated heterocycles. The molecular formula is C29H39N3O2. The van der Waals surface area contributed by atoms with Crippen LogP contribution in [-0.4, -0.2) is 61.1 Å². The molecule has 5 heteroatoms. The van der Waals surface area contributed by atoms with E-state index in [-0.39, 0.29) is 5.91 Å². The van der Waals surface area contributed by atoms with Crippen LogP contribution in [0.25, 0.3) is 0 Å². The molecule has 0 saturated carbocycles. The molecule has 2 aromatic rings. The maximum Gasteiger partial charge on any atom is 0.254 e. The van der Waals surface area contributed by atoms with Crippen molar-refractivity contribution in [1.82, 2.24) is 9.80 Å². The highest BCUT2D eigenvalue weighted by molar-refractivity contribution is 5.94. The van der Waals surface area contributed by atoms with Gasteiger partial charge in [0.05, 0.1) is 7.11 Å². The van der Waals surface area contributed by atoms with Gasteiger partial charge in [-0.1, -0.05) is 24.3 Å². The molecule has 2 fully saturated rings. The molecule has 4 atom stereocenters. The van der Waals surface area contributed by atoms with E-state index in [1.54, 1.807) is 7.11 Å². The van der Waals surface area contributed by atoms with Crippen molar-refractivity contribution in [1.29, 1.82) is 0 Å². The molecule has 3 heterocycles. The Morgan fingerprint density at radius 1 is 1.06 bits per heavy atom. The van der Waals surface area contributed by atoms with Gasteiger partial charge in [-0.2, -0.15) is 0 Å². The Hall–Kier alpha value is -2.37. The molecule has 6 rings (SSSR count). The molecule has 2 N–H and O–H groups in total. The van der Waals surface area contributed by atoms with Gasteiger partial charge in [0.15, 0.2) is 0 Å². The molecule has 0 radical (unpaired) electrons. The SMILES string of the molecule is COc1ccc2c(c1)CCC[C@@H]1CN(C(=O)c3ccccc3)C3CCC(C2)N(CCN)CCC31. The summed E-state index contributed by atoms with van der Waals surface area (Å²) in [6.07, 6.45) is 7.83. The number of carbonyl (C=O) groups excluding carboxylic acids is 1. The van der Waals surface area contributed by atoms with Crippen LogP contribution >= 0.6 is 0 Å². The first-order valence-electron chi connectivity index (χ1n) is 13.1. The molecule has 4 bridgehead atoms. The predicted octanol–water partition coefficient (Wildman–Crippen LogP) is 4.14. The maximum absolute atomic E-state index is 13.6. The molecule has 182 valence electrons. The van der Waals surface area contributed by atoms with Crippen molar-refractivity contribution in [2.24, 2.45) is 17.6 Å². The third-order valence-electron chi connectivity index (χ3n) is 8.58. The van der Waals surface area contributed by atoms with Gasteiger partial charge in [-0.15, -0.1) is 0 Å². The number of hydrogen-bond donors (Lipinski definition) is 1. The zero-order chi connectivity index (χ0) is 23.5. The van der Waals surface area contributed by atoms with Gasteiger partial charge >= 0.3 is 0 Å². The van der Waals surface area contributed by atoms with Crippen molar-refractivity contribution in [3.63, 3.8) is 0 Å². The normalized spacial score (nSPS) is 27.4. The van der Waals surface area contributed by atoms with Crippen molar-refractivity contribution in [2.75, 3.05) is 33.3 Å². The van der Waals surface area contributed by atoms with Gasteiger partial charge in [0.25, 0.3) is 5.91 Å². The zero-order valence-corrected chi connectivity index (χ0v) is 20.5. The van der Waals surface area contributed by atoms with Crippen LogP contribution in [0.3, 0.4) is 0 Å². The topological polar surface area (TPSA) is 58.8 Å². The Morgan fingerprint density at radius 3 is 2.71 bits per heavy atom. The minimum atomic E-state index is 0.219. The summed E-state index contributed by atoms with van der Waals surface area (Å²) in [5.74, 6) is 2.32. The molecule has 3 unspecified atom stereocenters. The average molecular weight is 462 g/mol. The molecule has 5 nitrogen and oxygen atoms in total. The lowest BCUT2D eigenvalue weighted by molar-refractivity contribution is 0.0658. The lowest BCUT2D eigenvalue weighted by atomic mass is 9.79. The molecule has 34 heavy (non-hydrogen) atoms. The van der Waals surface area contributed by atoms with Gasteiger partial charge in [0.1, 0.15) is 5.75 Å². The van der Waals surface area contributed by atoms with E-state index in [0.29, 0.717) is 30.5 Å². The number of carbonyl (C=O) groups is 1. The summed E-state index contributed by atoms with van der Waals surface area (Å²) in [4.78, 5) is 18.5. The van der Waals surface area contributed by atoms with Crippen molar-refractivity contribution in [3.8, 4) is 5.75 Å². The fourth-order valence-corrected chi connectivity index (χ4v) is 6.86. The van der Waals surface area contributed by atoms with Gasteiger partial charge in [-0.05, 0) is 98.7 Å². The van der Waals surface area contributed by atoms with Crippen LogP contribution in [0.1, 0.15) is 53.6 Å². The fraction of sp³-hybridized carbons (Fsp3) is 0.552. The predicted molar refractivity (Wildman–Crippen MR) is 136 cm³/mol. The van der Waals surface area contributed by atoms with Crippen LogP contribution in [0.2, 0.25) is 0 Å². The first kappa shape index (κ1) is 23.4. The van der Waals surface area contributed by atoms with Crippen molar-refractivity contribution < 1.29 is 9.53 Å². The van der Waals surface area contributed by atoms with Crippen LogP contribution in [0.15, 0.2) is 48.5 Å². The Morgan fingerprint density at radius 2 is 1.91 bits per heavy atom. The van der Waals surface area contributed by atoms with Crippen LogP contribution in [0.4, 0.5) is 0 Å². The number of hydrogen-bond acceptors (Lipinski definition) is 4. The number of fused-ring (bicyclic) bond motifs is 5. The van der Waals surface area contributed by atoms with Crippen LogP contribution in [-0.2, 0) is 12.8 Å². The lowest BCUT2D eigenvalue weighted by Crippen LogP contribution is -2.46. The van der Waals surface area contributed by atoms with E-state index in [9.17, 15) is 4.79 Å².